The molecule has 0 saturated carbocycles. The fourth-order valence-corrected chi connectivity index (χ4v) is 3.50. The molecule has 130 valence electrons. The number of thioether (sulfide) groups is 1. The van der Waals surface area contributed by atoms with E-state index in [-0.39, 0.29) is 0 Å². The fraction of sp³-hybridized carbons (Fsp3) is 0.176. The lowest BCUT2D eigenvalue weighted by molar-refractivity contribution is 0.686. The van der Waals surface area contributed by atoms with Gasteiger partial charge in [0.2, 0.25) is 0 Å². The van der Waals surface area contributed by atoms with Gasteiger partial charge in [-0.15, -0.1) is 15.3 Å². The highest BCUT2D eigenvalue weighted by molar-refractivity contribution is 7.98. The van der Waals surface area contributed by atoms with E-state index in [9.17, 15) is 0 Å². The lowest BCUT2D eigenvalue weighted by Gasteiger charge is -2.07. The van der Waals surface area contributed by atoms with Crippen molar-refractivity contribution < 1.29 is 0 Å². The molecule has 1 aromatic carbocycles. The van der Waals surface area contributed by atoms with Crippen LogP contribution in [0.15, 0.2) is 60.0 Å². The van der Waals surface area contributed by atoms with Gasteiger partial charge in [-0.2, -0.15) is 4.68 Å². The molecule has 0 fully saturated rings. The molecule has 3 aromatic heterocycles. The van der Waals surface area contributed by atoms with Crippen LogP contribution < -0.4 is 0 Å². The van der Waals surface area contributed by atoms with E-state index in [0.29, 0.717) is 5.75 Å². The summed E-state index contributed by atoms with van der Waals surface area (Å²) in [4.78, 5) is 4.05. The number of hydrogen-bond acceptors (Lipinski definition) is 7. The number of nitrogens with zero attached hydrogens (tertiary/aromatic N) is 8. The van der Waals surface area contributed by atoms with Gasteiger partial charge in [0.15, 0.2) is 16.8 Å². The van der Waals surface area contributed by atoms with Gasteiger partial charge >= 0.3 is 0 Å². The third-order valence-corrected chi connectivity index (χ3v) is 4.80. The van der Waals surface area contributed by atoms with Gasteiger partial charge in [0, 0.05) is 24.5 Å². The van der Waals surface area contributed by atoms with Gasteiger partial charge in [-0.1, -0.05) is 30.0 Å². The van der Waals surface area contributed by atoms with Gasteiger partial charge in [-0.05, 0) is 41.6 Å². The molecular formula is C17H16N8S. The lowest BCUT2D eigenvalue weighted by Crippen LogP contribution is -2.03. The number of pyridine rings is 1. The van der Waals surface area contributed by atoms with Crippen LogP contribution in [0.4, 0.5) is 0 Å². The molecule has 4 rings (SSSR count). The van der Waals surface area contributed by atoms with Crippen LogP contribution in [0.2, 0.25) is 0 Å². The van der Waals surface area contributed by atoms with E-state index >= 15 is 0 Å². The molecule has 0 saturated heterocycles. The molecular weight excluding hydrogens is 348 g/mol. The van der Waals surface area contributed by atoms with Crippen molar-refractivity contribution in [1.29, 1.82) is 0 Å². The molecule has 8 nitrogen and oxygen atoms in total. The standard InChI is InChI=1S/C17H16N8S/c1-2-24-16(13-8-10-18-11-9-13)20-21-17(24)26-12-15-19-22-23-25(15)14-6-4-3-5-7-14/h3-11H,2,12H2,1H3. The maximum atomic E-state index is 4.34. The Morgan fingerprint density at radius 2 is 1.77 bits per heavy atom. The maximum absolute atomic E-state index is 4.34. The lowest BCUT2D eigenvalue weighted by atomic mass is 10.2. The van der Waals surface area contributed by atoms with E-state index in [1.165, 1.54) is 0 Å². The van der Waals surface area contributed by atoms with Crippen molar-refractivity contribution >= 4 is 11.8 Å². The molecule has 0 atom stereocenters. The normalized spacial score (nSPS) is 11.0. The Hall–Kier alpha value is -3.07. The van der Waals surface area contributed by atoms with Crippen molar-refractivity contribution in [3.8, 4) is 17.1 Å². The molecule has 0 N–H and O–H groups in total. The zero-order valence-corrected chi connectivity index (χ0v) is 14.9. The Kier molecular flexibility index (Phi) is 4.69. The average molecular weight is 364 g/mol. The topological polar surface area (TPSA) is 87.2 Å². The molecule has 4 aromatic rings. The predicted molar refractivity (Wildman–Crippen MR) is 97.6 cm³/mol. The molecule has 0 aliphatic carbocycles. The number of para-hydroxylation sites is 1. The van der Waals surface area contributed by atoms with Crippen molar-refractivity contribution in [1.82, 2.24) is 40.0 Å². The summed E-state index contributed by atoms with van der Waals surface area (Å²) in [5, 5.41) is 21.6. The summed E-state index contributed by atoms with van der Waals surface area (Å²) in [5.74, 6) is 2.19. The molecule has 0 amide bonds. The fourth-order valence-electron chi connectivity index (χ4n) is 2.59. The second kappa shape index (κ2) is 7.44. The van der Waals surface area contributed by atoms with E-state index in [4.69, 9.17) is 0 Å². The van der Waals surface area contributed by atoms with Gasteiger partial charge in [-0.3, -0.25) is 4.98 Å². The molecule has 0 aliphatic rings. The summed E-state index contributed by atoms with van der Waals surface area (Å²) in [7, 11) is 0. The van der Waals surface area contributed by atoms with Crippen LogP contribution in [-0.4, -0.2) is 40.0 Å². The first-order chi connectivity index (χ1) is 12.9. The molecule has 0 aliphatic heterocycles. The molecule has 0 unspecified atom stereocenters. The van der Waals surface area contributed by atoms with E-state index in [1.54, 1.807) is 28.8 Å². The molecule has 0 spiro atoms. The first-order valence-corrected chi connectivity index (χ1v) is 9.14. The summed E-state index contributed by atoms with van der Waals surface area (Å²) in [6.07, 6.45) is 3.51. The van der Waals surface area contributed by atoms with E-state index < -0.39 is 0 Å². The minimum absolute atomic E-state index is 0.594. The van der Waals surface area contributed by atoms with Crippen molar-refractivity contribution in [2.75, 3.05) is 0 Å². The monoisotopic (exact) mass is 364 g/mol. The summed E-state index contributed by atoms with van der Waals surface area (Å²) < 4.78 is 3.82. The van der Waals surface area contributed by atoms with Gasteiger partial charge in [0.25, 0.3) is 0 Å². The molecule has 26 heavy (non-hydrogen) atoms. The second-order valence-electron chi connectivity index (χ2n) is 5.42. The van der Waals surface area contributed by atoms with Gasteiger partial charge in [-0.25, -0.2) is 0 Å². The Balaban J connectivity index is 1.57. The van der Waals surface area contributed by atoms with Crippen molar-refractivity contribution in [2.45, 2.75) is 24.4 Å². The second-order valence-corrected chi connectivity index (χ2v) is 6.36. The van der Waals surface area contributed by atoms with Crippen LogP contribution in [0.1, 0.15) is 12.7 Å². The van der Waals surface area contributed by atoms with E-state index in [2.05, 4.69) is 42.2 Å². The van der Waals surface area contributed by atoms with Crippen molar-refractivity contribution in [3.63, 3.8) is 0 Å². The Labute approximate surface area is 154 Å². The number of rotatable bonds is 6. The quantitative estimate of drug-likeness (QED) is 0.486. The predicted octanol–water partition coefficient (Wildman–Crippen LogP) is 2.63. The van der Waals surface area contributed by atoms with Crippen LogP contribution >= 0.6 is 11.8 Å². The summed E-state index contributed by atoms with van der Waals surface area (Å²) in [6, 6.07) is 13.7. The SMILES string of the molecule is CCn1c(SCc2nnnn2-c2ccccc2)nnc1-c1ccncc1. The Bertz CT molecular complexity index is 980. The van der Waals surface area contributed by atoms with Gasteiger partial charge in [0.05, 0.1) is 11.4 Å². The first kappa shape index (κ1) is 16.4. The van der Waals surface area contributed by atoms with Gasteiger partial charge < -0.3 is 4.57 Å². The maximum Gasteiger partial charge on any atom is 0.191 e. The largest absolute Gasteiger partial charge is 0.302 e. The minimum Gasteiger partial charge on any atom is -0.302 e. The smallest absolute Gasteiger partial charge is 0.191 e. The van der Waals surface area contributed by atoms with Crippen molar-refractivity contribution in [2.24, 2.45) is 0 Å². The van der Waals surface area contributed by atoms with Crippen LogP contribution in [0.5, 0.6) is 0 Å². The zero-order valence-electron chi connectivity index (χ0n) is 14.1. The Morgan fingerprint density at radius 3 is 2.54 bits per heavy atom. The highest BCUT2D eigenvalue weighted by Gasteiger charge is 2.15. The molecule has 0 radical (unpaired) electrons. The number of tetrazole rings is 1. The highest BCUT2D eigenvalue weighted by Crippen LogP contribution is 2.25. The summed E-state index contributed by atoms with van der Waals surface area (Å²) in [5.41, 5.74) is 1.93. The third-order valence-electron chi connectivity index (χ3n) is 3.84. The van der Waals surface area contributed by atoms with Crippen LogP contribution in [0.3, 0.4) is 0 Å². The number of aromatic nitrogens is 8. The molecule has 3 heterocycles. The van der Waals surface area contributed by atoms with Gasteiger partial charge in [0.1, 0.15) is 0 Å². The molecule has 9 heteroatoms. The molecule has 0 bridgehead atoms. The van der Waals surface area contributed by atoms with E-state index in [0.717, 1.165) is 34.6 Å². The first-order valence-electron chi connectivity index (χ1n) is 8.16. The summed E-state index contributed by atoms with van der Waals surface area (Å²) >= 11 is 1.56. The van der Waals surface area contributed by atoms with Crippen LogP contribution in [0.25, 0.3) is 17.1 Å². The van der Waals surface area contributed by atoms with Crippen molar-refractivity contribution in [3.05, 3.63) is 60.7 Å². The zero-order chi connectivity index (χ0) is 17.8. The summed E-state index contributed by atoms with van der Waals surface area (Å²) in [6.45, 7) is 2.85. The Morgan fingerprint density at radius 1 is 0.962 bits per heavy atom. The van der Waals surface area contributed by atoms with Crippen LogP contribution in [0, 0.1) is 0 Å². The van der Waals surface area contributed by atoms with E-state index in [1.807, 2.05) is 42.5 Å². The number of benzene rings is 1. The third kappa shape index (κ3) is 3.21. The number of hydrogen-bond donors (Lipinski definition) is 0. The minimum atomic E-state index is 0.594. The highest BCUT2D eigenvalue weighted by atomic mass is 32.2. The van der Waals surface area contributed by atoms with Crippen LogP contribution in [-0.2, 0) is 12.3 Å². The average Bonchev–Trinajstić information content (AvgIpc) is 3.34.